The Labute approximate surface area is 170 Å². The maximum absolute atomic E-state index is 8.12. The summed E-state index contributed by atoms with van der Waals surface area (Å²) in [4.78, 5) is 16.2. The Morgan fingerprint density at radius 2 is 1.61 bits per heavy atom. The fourth-order valence-corrected chi connectivity index (χ4v) is 4.03. The molecule has 4 heteroatoms. The van der Waals surface area contributed by atoms with Crippen LogP contribution in [0.2, 0.25) is 18.1 Å². The Morgan fingerprint density at radius 3 is 2.14 bits per heavy atom. The van der Waals surface area contributed by atoms with Crippen molar-refractivity contribution >= 4 is 14.5 Å². The molecular weight excluding hydrogens is 364 g/mol. The molecule has 1 saturated carbocycles. The van der Waals surface area contributed by atoms with Crippen molar-refractivity contribution in [2.75, 3.05) is 0 Å². The van der Waals surface area contributed by atoms with Gasteiger partial charge < -0.3 is 4.43 Å². The van der Waals surface area contributed by atoms with Gasteiger partial charge in [-0.1, -0.05) is 57.2 Å². The SMILES string of the molecule is CC(C)(C)[Si](C)(C)Oc1ccc(CCc2ccccc2)c(C2CC2)c1.O=C=O. The Hall–Kier alpha value is -2.16. The number of benzene rings is 2. The van der Waals surface area contributed by atoms with Crippen LogP contribution in [0, 0.1) is 0 Å². The second-order valence-corrected chi connectivity index (χ2v) is 13.8. The summed E-state index contributed by atoms with van der Waals surface area (Å²) in [5, 5.41) is 0.235. The topological polar surface area (TPSA) is 43.4 Å². The van der Waals surface area contributed by atoms with Crippen LogP contribution in [0.15, 0.2) is 48.5 Å². The molecule has 3 nitrogen and oxygen atoms in total. The highest BCUT2D eigenvalue weighted by atomic mass is 28.4. The molecular formula is C24H32O3Si. The van der Waals surface area contributed by atoms with E-state index in [4.69, 9.17) is 14.0 Å². The van der Waals surface area contributed by atoms with Crippen molar-refractivity contribution in [3.8, 4) is 5.75 Å². The highest BCUT2D eigenvalue weighted by Crippen LogP contribution is 2.44. The molecule has 0 atom stereocenters. The molecule has 0 spiro atoms. The molecule has 0 amide bonds. The minimum Gasteiger partial charge on any atom is -0.543 e. The second-order valence-electron chi connectivity index (χ2n) is 9.07. The van der Waals surface area contributed by atoms with Crippen molar-refractivity contribution in [1.29, 1.82) is 0 Å². The van der Waals surface area contributed by atoms with Crippen molar-refractivity contribution in [3.63, 3.8) is 0 Å². The molecule has 2 aromatic carbocycles. The van der Waals surface area contributed by atoms with E-state index in [9.17, 15) is 0 Å². The Morgan fingerprint density at radius 1 is 1.00 bits per heavy atom. The number of hydrogen-bond acceptors (Lipinski definition) is 3. The molecule has 1 aliphatic carbocycles. The molecule has 0 radical (unpaired) electrons. The van der Waals surface area contributed by atoms with Gasteiger partial charge in [0, 0.05) is 0 Å². The fraction of sp³-hybridized carbons (Fsp3) is 0.458. The molecule has 1 fully saturated rings. The first-order chi connectivity index (χ1) is 13.2. The lowest BCUT2D eigenvalue weighted by Gasteiger charge is -2.36. The maximum atomic E-state index is 8.12. The Kier molecular flexibility index (Phi) is 7.39. The second kappa shape index (κ2) is 9.36. The van der Waals surface area contributed by atoms with Crippen molar-refractivity contribution in [3.05, 3.63) is 65.2 Å². The average Bonchev–Trinajstić information content (AvgIpc) is 3.46. The highest BCUT2D eigenvalue weighted by molar-refractivity contribution is 6.74. The average molecular weight is 397 g/mol. The van der Waals surface area contributed by atoms with Crippen LogP contribution >= 0.6 is 0 Å². The molecule has 28 heavy (non-hydrogen) atoms. The molecule has 0 saturated heterocycles. The van der Waals surface area contributed by atoms with Crippen LogP contribution < -0.4 is 4.43 Å². The fourth-order valence-electron chi connectivity index (χ4n) is 3.01. The lowest BCUT2D eigenvalue weighted by Crippen LogP contribution is -2.43. The third kappa shape index (κ3) is 6.18. The van der Waals surface area contributed by atoms with Gasteiger partial charge in [0.1, 0.15) is 5.75 Å². The minimum atomic E-state index is -1.77. The summed E-state index contributed by atoms with van der Waals surface area (Å²) in [7, 11) is -1.77. The van der Waals surface area contributed by atoms with Crippen molar-refractivity contribution < 1.29 is 14.0 Å². The molecule has 0 bridgehead atoms. The molecule has 0 heterocycles. The van der Waals surface area contributed by atoms with Gasteiger partial charge in [-0.15, -0.1) is 0 Å². The largest absolute Gasteiger partial charge is 0.543 e. The van der Waals surface area contributed by atoms with Gasteiger partial charge in [0.25, 0.3) is 0 Å². The number of carbonyl (C=O) groups excluding carboxylic acids is 2. The van der Waals surface area contributed by atoms with E-state index < -0.39 is 8.32 Å². The quantitative estimate of drug-likeness (QED) is 0.550. The first-order valence-electron chi connectivity index (χ1n) is 10.0. The zero-order chi connectivity index (χ0) is 20.8. The van der Waals surface area contributed by atoms with Gasteiger partial charge in [-0.25, -0.2) is 0 Å². The molecule has 1 aliphatic rings. The van der Waals surface area contributed by atoms with E-state index in [-0.39, 0.29) is 11.2 Å². The number of rotatable bonds is 6. The first kappa shape index (κ1) is 22.1. The lowest BCUT2D eigenvalue weighted by atomic mass is 9.97. The van der Waals surface area contributed by atoms with Gasteiger partial charge in [-0.05, 0) is 78.6 Å². The third-order valence-electron chi connectivity index (χ3n) is 5.84. The van der Waals surface area contributed by atoms with Crippen LogP contribution in [0.5, 0.6) is 5.75 Å². The van der Waals surface area contributed by atoms with Gasteiger partial charge in [-0.2, -0.15) is 9.59 Å². The summed E-state index contributed by atoms with van der Waals surface area (Å²) < 4.78 is 6.54. The van der Waals surface area contributed by atoms with Gasteiger partial charge >= 0.3 is 6.15 Å². The van der Waals surface area contributed by atoms with E-state index in [1.807, 2.05) is 0 Å². The minimum absolute atomic E-state index is 0.235. The Bertz CT molecular complexity index is 796. The molecule has 0 aromatic heterocycles. The standard InChI is InChI=1S/C23H32OSi.CO2/c1-23(2,3)25(4,5)24-21-16-15-19(22(17-21)20-13-14-20)12-11-18-9-7-6-8-10-18;2-1-3/h6-10,15-17,20H,11-14H2,1-5H3;. The molecule has 0 aliphatic heterocycles. The predicted octanol–water partition coefficient (Wildman–Crippen LogP) is 6.15. The van der Waals surface area contributed by atoms with Gasteiger partial charge in [0.15, 0.2) is 0 Å². The number of hydrogen-bond donors (Lipinski definition) is 0. The van der Waals surface area contributed by atoms with Crippen LogP contribution in [0.4, 0.5) is 0 Å². The smallest absolute Gasteiger partial charge is 0.373 e. The zero-order valence-electron chi connectivity index (χ0n) is 17.7. The normalized spacial score (nSPS) is 13.9. The van der Waals surface area contributed by atoms with Crippen LogP contribution in [-0.2, 0) is 22.4 Å². The van der Waals surface area contributed by atoms with Crippen LogP contribution in [-0.4, -0.2) is 14.5 Å². The van der Waals surface area contributed by atoms with Crippen LogP contribution in [0.25, 0.3) is 0 Å². The summed E-state index contributed by atoms with van der Waals surface area (Å²) in [6.45, 7) is 11.6. The van der Waals surface area contributed by atoms with E-state index >= 15 is 0 Å². The van der Waals surface area contributed by atoms with E-state index in [0.717, 1.165) is 24.5 Å². The zero-order valence-corrected chi connectivity index (χ0v) is 18.7. The molecule has 2 aromatic rings. The van der Waals surface area contributed by atoms with Crippen molar-refractivity contribution in [2.45, 2.75) is 70.5 Å². The lowest BCUT2D eigenvalue weighted by molar-refractivity contribution is -0.191. The summed E-state index contributed by atoms with van der Waals surface area (Å²) in [6.07, 6.45) is 5.16. The highest BCUT2D eigenvalue weighted by Gasteiger charge is 2.39. The van der Waals surface area contributed by atoms with E-state index in [2.05, 4.69) is 82.4 Å². The molecule has 3 rings (SSSR count). The molecule has 0 unspecified atom stereocenters. The molecule has 0 N–H and O–H groups in total. The maximum Gasteiger partial charge on any atom is 0.373 e. The Balaban J connectivity index is 0.000000878. The molecule has 150 valence electrons. The van der Waals surface area contributed by atoms with Gasteiger partial charge in [0.2, 0.25) is 8.32 Å². The van der Waals surface area contributed by atoms with E-state index in [1.165, 1.54) is 29.5 Å². The first-order valence-corrected chi connectivity index (χ1v) is 12.9. The summed E-state index contributed by atoms with van der Waals surface area (Å²) in [5.74, 6) is 1.84. The van der Waals surface area contributed by atoms with Crippen molar-refractivity contribution in [2.24, 2.45) is 0 Å². The predicted molar refractivity (Wildman–Crippen MR) is 115 cm³/mol. The van der Waals surface area contributed by atoms with Gasteiger partial charge in [0.05, 0.1) is 0 Å². The third-order valence-corrected chi connectivity index (χ3v) is 10.2. The van der Waals surface area contributed by atoms with E-state index in [0.29, 0.717) is 0 Å². The van der Waals surface area contributed by atoms with E-state index in [1.54, 1.807) is 0 Å². The monoisotopic (exact) mass is 396 g/mol. The summed E-state index contributed by atoms with van der Waals surface area (Å²) in [5.41, 5.74) is 4.46. The van der Waals surface area contributed by atoms with Crippen LogP contribution in [0.1, 0.15) is 56.2 Å². The number of aryl methyl sites for hydroxylation is 2. The van der Waals surface area contributed by atoms with Gasteiger partial charge in [-0.3, -0.25) is 0 Å². The summed E-state index contributed by atoms with van der Waals surface area (Å²) >= 11 is 0. The van der Waals surface area contributed by atoms with Crippen LogP contribution in [0.3, 0.4) is 0 Å². The summed E-state index contributed by atoms with van der Waals surface area (Å²) in [6, 6.07) is 17.7. The van der Waals surface area contributed by atoms with Crippen molar-refractivity contribution in [1.82, 2.24) is 0 Å².